The zero-order chi connectivity index (χ0) is 22.5. The number of amides is 1. The van der Waals surface area contributed by atoms with Crippen molar-refractivity contribution in [3.8, 4) is 0 Å². The number of hydrogen-bond acceptors (Lipinski definition) is 3. The van der Waals surface area contributed by atoms with Crippen molar-refractivity contribution in [3.05, 3.63) is 64.2 Å². The van der Waals surface area contributed by atoms with Crippen LogP contribution in [-0.2, 0) is 23.9 Å². The molecule has 0 aromatic heterocycles. The Morgan fingerprint density at radius 3 is 2.53 bits per heavy atom. The maximum Gasteiger partial charge on any atom is 0.416 e. The van der Waals surface area contributed by atoms with Crippen molar-refractivity contribution in [2.45, 2.75) is 44.1 Å². The van der Waals surface area contributed by atoms with Gasteiger partial charge in [-0.3, -0.25) is 9.69 Å². The van der Waals surface area contributed by atoms with E-state index in [0.717, 1.165) is 43.2 Å². The standard InChI is InChI=1S/C24H25ClF3N3O/c25-18-4-1-15(2-5-18)13-30-9-10-31-21-8-3-17(24(26,27)28)11-16(21)12-20(22(31)14-30)23(32)29-19-6-7-19/h1-5,8,11,19-20,22H,6-7,9-10,12-14H2,(H,29,32)/t20-,22+/m1/s1. The number of benzene rings is 2. The molecule has 1 aliphatic carbocycles. The highest BCUT2D eigenvalue weighted by molar-refractivity contribution is 6.30. The van der Waals surface area contributed by atoms with Crippen molar-refractivity contribution < 1.29 is 18.0 Å². The lowest BCUT2D eigenvalue weighted by atomic mass is 9.82. The van der Waals surface area contributed by atoms with Crippen molar-refractivity contribution in [1.82, 2.24) is 10.2 Å². The van der Waals surface area contributed by atoms with Gasteiger partial charge in [0.1, 0.15) is 0 Å². The Bertz CT molecular complexity index is 1010. The van der Waals surface area contributed by atoms with Gasteiger partial charge in [-0.25, -0.2) is 0 Å². The molecule has 1 saturated heterocycles. The molecule has 2 aliphatic heterocycles. The fourth-order valence-corrected chi connectivity index (χ4v) is 5.01. The van der Waals surface area contributed by atoms with Crippen LogP contribution < -0.4 is 10.2 Å². The Kier molecular flexibility index (Phi) is 5.58. The molecule has 32 heavy (non-hydrogen) atoms. The van der Waals surface area contributed by atoms with E-state index in [9.17, 15) is 18.0 Å². The highest BCUT2D eigenvalue weighted by Crippen LogP contribution is 2.40. The summed E-state index contributed by atoms with van der Waals surface area (Å²) in [6.07, 6.45) is -2.11. The highest BCUT2D eigenvalue weighted by Gasteiger charge is 2.43. The van der Waals surface area contributed by atoms with Crippen LogP contribution in [-0.4, -0.2) is 42.5 Å². The molecule has 1 amide bonds. The van der Waals surface area contributed by atoms with E-state index in [-0.39, 0.29) is 23.9 Å². The number of piperazine rings is 1. The molecule has 5 rings (SSSR count). The lowest BCUT2D eigenvalue weighted by molar-refractivity contribution is -0.137. The summed E-state index contributed by atoms with van der Waals surface area (Å²) >= 11 is 6.00. The molecule has 1 saturated carbocycles. The third-order valence-electron chi connectivity index (χ3n) is 6.70. The van der Waals surface area contributed by atoms with E-state index >= 15 is 0 Å². The smallest absolute Gasteiger partial charge is 0.365 e. The number of alkyl halides is 3. The van der Waals surface area contributed by atoms with Crippen LogP contribution in [0.25, 0.3) is 0 Å². The Balaban J connectivity index is 1.41. The molecule has 8 heteroatoms. The van der Waals surface area contributed by atoms with Crippen molar-refractivity contribution in [3.63, 3.8) is 0 Å². The third kappa shape index (κ3) is 4.46. The number of fused-ring (bicyclic) bond motifs is 3. The van der Waals surface area contributed by atoms with Gasteiger partial charge in [-0.15, -0.1) is 0 Å². The Hall–Kier alpha value is -2.25. The Labute approximate surface area is 190 Å². The molecular formula is C24H25ClF3N3O. The first-order valence-electron chi connectivity index (χ1n) is 11.0. The van der Waals surface area contributed by atoms with Crippen LogP contribution in [0.1, 0.15) is 29.5 Å². The van der Waals surface area contributed by atoms with Gasteiger partial charge in [0.15, 0.2) is 0 Å². The predicted molar refractivity (Wildman–Crippen MR) is 118 cm³/mol. The summed E-state index contributed by atoms with van der Waals surface area (Å²) in [6.45, 7) is 2.88. The molecule has 3 aliphatic rings. The van der Waals surface area contributed by atoms with Gasteiger partial charge in [-0.05, 0) is 60.7 Å². The first-order valence-corrected chi connectivity index (χ1v) is 11.4. The fourth-order valence-electron chi connectivity index (χ4n) is 4.89. The number of carbonyl (C=O) groups is 1. The molecule has 0 radical (unpaired) electrons. The molecule has 0 bridgehead atoms. The van der Waals surface area contributed by atoms with Crippen LogP contribution in [0, 0.1) is 5.92 Å². The highest BCUT2D eigenvalue weighted by atomic mass is 35.5. The van der Waals surface area contributed by atoms with E-state index in [1.807, 2.05) is 24.3 Å². The average molecular weight is 464 g/mol. The quantitative estimate of drug-likeness (QED) is 0.725. The maximum absolute atomic E-state index is 13.3. The second-order valence-electron chi connectivity index (χ2n) is 9.06. The molecule has 0 unspecified atom stereocenters. The summed E-state index contributed by atoms with van der Waals surface area (Å²) in [5.74, 6) is -0.418. The zero-order valence-corrected chi connectivity index (χ0v) is 18.3. The van der Waals surface area contributed by atoms with Gasteiger partial charge in [-0.2, -0.15) is 13.2 Å². The van der Waals surface area contributed by atoms with Crippen molar-refractivity contribution in [1.29, 1.82) is 0 Å². The van der Waals surface area contributed by atoms with Gasteiger partial charge in [-0.1, -0.05) is 23.7 Å². The van der Waals surface area contributed by atoms with Gasteiger partial charge < -0.3 is 10.2 Å². The second-order valence-corrected chi connectivity index (χ2v) is 9.49. The minimum atomic E-state index is -4.39. The summed E-state index contributed by atoms with van der Waals surface area (Å²) in [5.41, 5.74) is 1.92. The minimum Gasteiger partial charge on any atom is -0.365 e. The number of anilines is 1. The second kappa shape index (κ2) is 8.27. The van der Waals surface area contributed by atoms with E-state index in [1.165, 1.54) is 6.07 Å². The summed E-state index contributed by atoms with van der Waals surface area (Å²) < 4.78 is 39.9. The van der Waals surface area contributed by atoms with Crippen LogP contribution in [0.4, 0.5) is 18.9 Å². The summed E-state index contributed by atoms with van der Waals surface area (Å²) in [7, 11) is 0. The van der Waals surface area contributed by atoms with Crippen LogP contribution >= 0.6 is 11.6 Å². The molecular weight excluding hydrogens is 439 g/mol. The molecule has 4 nitrogen and oxygen atoms in total. The predicted octanol–water partition coefficient (Wildman–Crippen LogP) is 4.50. The van der Waals surface area contributed by atoms with Gasteiger partial charge in [0.2, 0.25) is 5.91 Å². The number of hydrogen-bond donors (Lipinski definition) is 1. The van der Waals surface area contributed by atoms with Crippen molar-refractivity contribution in [2.24, 2.45) is 5.92 Å². The lowest BCUT2D eigenvalue weighted by Crippen LogP contribution is -2.61. The molecule has 2 heterocycles. The number of nitrogens with one attached hydrogen (secondary N) is 1. The number of halogens is 4. The fraction of sp³-hybridized carbons (Fsp3) is 0.458. The van der Waals surface area contributed by atoms with E-state index in [0.29, 0.717) is 30.1 Å². The van der Waals surface area contributed by atoms with Crippen molar-refractivity contribution >= 4 is 23.2 Å². The van der Waals surface area contributed by atoms with E-state index in [1.54, 1.807) is 6.07 Å². The molecule has 2 aromatic carbocycles. The van der Waals surface area contributed by atoms with E-state index in [2.05, 4.69) is 15.1 Å². The normalized spacial score (nSPS) is 23.4. The van der Waals surface area contributed by atoms with Gasteiger partial charge in [0, 0.05) is 42.9 Å². The first-order chi connectivity index (χ1) is 15.3. The minimum absolute atomic E-state index is 0.0427. The van der Waals surface area contributed by atoms with E-state index < -0.39 is 11.7 Å². The molecule has 2 aromatic rings. The molecule has 0 spiro atoms. The van der Waals surface area contributed by atoms with Crippen LogP contribution in [0.5, 0.6) is 0 Å². The zero-order valence-electron chi connectivity index (χ0n) is 17.5. The Morgan fingerprint density at radius 1 is 1.09 bits per heavy atom. The SMILES string of the molecule is O=C(NC1CC1)[C@@H]1Cc2cc(C(F)(F)F)ccc2N2CCN(Cc3ccc(Cl)cc3)C[C@@H]12. The van der Waals surface area contributed by atoms with E-state index in [4.69, 9.17) is 11.6 Å². The van der Waals surface area contributed by atoms with Gasteiger partial charge in [0.05, 0.1) is 17.5 Å². The molecule has 170 valence electrons. The molecule has 1 N–H and O–H groups in total. The number of rotatable bonds is 4. The van der Waals surface area contributed by atoms with Gasteiger partial charge in [0.25, 0.3) is 0 Å². The number of nitrogens with zero attached hydrogens (tertiary/aromatic N) is 2. The number of carbonyl (C=O) groups excluding carboxylic acids is 1. The Morgan fingerprint density at radius 2 is 1.84 bits per heavy atom. The summed E-state index contributed by atoms with van der Waals surface area (Å²) in [6, 6.07) is 11.8. The molecule has 2 fully saturated rings. The first kappa shape index (κ1) is 21.6. The largest absolute Gasteiger partial charge is 0.416 e. The van der Waals surface area contributed by atoms with Crippen LogP contribution in [0.3, 0.4) is 0 Å². The summed E-state index contributed by atoms with van der Waals surface area (Å²) in [4.78, 5) is 17.6. The monoisotopic (exact) mass is 463 g/mol. The average Bonchev–Trinajstić information content (AvgIpc) is 3.57. The van der Waals surface area contributed by atoms with Gasteiger partial charge >= 0.3 is 6.18 Å². The maximum atomic E-state index is 13.3. The summed E-state index contributed by atoms with van der Waals surface area (Å²) in [5, 5.41) is 3.77. The van der Waals surface area contributed by atoms with Crippen LogP contribution in [0.15, 0.2) is 42.5 Å². The van der Waals surface area contributed by atoms with Crippen molar-refractivity contribution in [2.75, 3.05) is 24.5 Å². The lowest BCUT2D eigenvalue weighted by Gasteiger charge is -2.49. The topological polar surface area (TPSA) is 35.6 Å². The van der Waals surface area contributed by atoms with Crippen LogP contribution in [0.2, 0.25) is 5.02 Å². The third-order valence-corrected chi connectivity index (χ3v) is 6.96. The molecule has 2 atom stereocenters.